The third-order valence-electron chi connectivity index (χ3n) is 2.96. The lowest BCUT2D eigenvalue weighted by Crippen LogP contribution is -2.63. The second kappa shape index (κ2) is 2.02. The molecule has 0 aromatic carbocycles. The lowest BCUT2D eigenvalue weighted by molar-refractivity contribution is -0.134. The van der Waals surface area contributed by atoms with Gasteiger partial charge in [0.05, 0.1) is 4.75 Å². The molecule has 0 saturated heterocycles. The van der Waals surface area contributed by atoms with E-state index in [0.29, 0.717) is 25.2 Å². The molecule has 68 valence electrons. The van der Waals surface area contributed by atoms with Crippen molar-refractivity contribution in [1.82, 2.24) is 0 Å². The number of hydrogen-bond acceptors (Lipinski definition) is 3. The second-order valence-corrected chi connectivity index (χ2v) is 6.20. The number of carboxylic acid groups (broad SMARTS) is 1. The van der Waals surface area contributed by atoms with E-state index < -0.39 is 26.3 Å². The Morgan fingerprint density at radius 1 is 1.42 bits per heavy atom. The Labute approximate surface area is 70.5 Å². The lowest BCUT2D eigenvalue weighted by atomic mass is 9.55. The molecular weight excluding hydrogens is 180 g/mol. The molecule has 0 heterocycles. The van der Waals surface area contributed by atoms with E-state index in [1.807, 2.05) is 0 Å². The molecule has 3 saturated carbocycles. The maximum Gasteiger partial charge on any atom is 0.318 e. The predicted octanol–water partition coefficient (Wildman–Crippen LogP) is 0.0383. The van der Waals surface area contributed by atoms with Crippen LogP contribution < -0.4 is 0 Å². The maximum atomic E-state index is 11.4. The Hall–Kier alpha value is -0.580. The van der Waals surface area contributed by atoms with E-state index in [4.69, 9.17) is 5.11 Å². The van der Waals surface area contributed by atoms with Gasteiger partial charge in [-0.25, -0.2) is 8.42 Å². The summed E-state index contributed by atoms with van der Waals surface area (Å²) in [5.74, 6) is -1.37. The Bertz CT molecular complexity index is 312. The zero-order valence-electron chi connectivity index (χ0n) is 6.49. The molecule has 0 radical (unpaired) electrons. The van der Waals surface area contributed by atoms with Crippen LogP contribution in [0.5, 0.6) is 0 Å². The summed E-state index contributed by atoms with van der Waals surface area (Å²) in [7, 11) is -3.36. The molecular formula is C7H10O4S. The van der Waals surface area contributed by atoms with E-state index in [9.17, 15) is 13.2 Å². The highest BCUT2D eigenvalue weighted by Crippen LogP contribution is 2.61. The first-order valence-electron chi connectivity index (χ1n) is 3.89. The average molecular weight is 190 g/mol. The van der Waals surface area contributed by atoms with Crippen LogP contribution in [0.1, 0.15) is 19.3 Å². The molecule has 0 atom stereocenters. The van der Waals surface area contributed by atoms with Crippen LogP contribution in [0.2, 0.25) is 0 Å². The van der Waals surface area contributed by atoms with Crippen LogP contribution in [0.25, 0.3) is 0 Å². The molecule has 5 heteroatoms. The summed E-state index contributed by atoms with van der Waals surface area (Å²) < 4.78 is 22.2. The molecule has 1 N–H and O–H groups in total. The van der Waals surface area contributed by atoms with Crippen LogP contribution in [0.15, 0.2) is 0 Å². The van der Waals surface area contributed by atoms with Crippen molar-refractivity contribution in [1.29, 1.82) is 0 Å². The van der Waals surface area contributed by atoms with E-state index >= 15 is 0 Å². The molecule has 3 fully saturated rings. The molecule has 0 spiro atoms. The monoisotopic (exact) mass is 190 g/mol. The highest BCUT2D eigenvalue weighted by molar-refractivity contribution is 7.93. The largest absolute Gasteiger partial charge is 0.480 e. The Kier molecular flexibility index (Phi) is 1.35. The summed E-state index contributed by atoms with van der Waals surface area (Å²) in [5.41, 5.74) is 0. The molecule has 3 rings (SSSR count). The molecule has 4 nitrogen and oxygen atoms in total. The van der Waals surface area contributed by atoms with E-state index in [1.165, 1.54) is 0 Å². The van der Waals surface area contributed by atoms with Crippen molar-refractivity contribution in [2.24, 2.45) is 5.92 Å². The standard InChI is InChI=1S/C7H10O4S/c8-6(9)4-12(10,11)7-1-5(2-7)3-7/h5H,1-4H2,(H,8,9). The summed E-state index contributed by atoms with van der Waals surface area (Å²) in [6.07, 6.45) is 2.09. The number of hydrogen-bond donors (Lipinski definition) is 1. The molecule has 0 amide bonds. The summed E-state index contributed by atoms with van der Waals surface area (Å²) in [6.45, 7) is 0. The van der Waals surface area contributed by atoms with Gasteiger partial charge >= 0.3 is 5.97 Å². The van der Waals surface area contributed by atoms with Crippen molar-refractivity contribution in [2.75, 3.05) is 5.75 Å². The van der Waals surface area contributed by atoms with Gasteiger partial charge in [-0.3, -0.25) is 4.79 Å². The molecule has 0 aromatic rings. The average Bonchev–Trinajstić information content (AvgIpc) is 1.44. The SMILES string of the molecule is O=C(O)CS(=O)(=O)C12CC(C1)C2. The topological polar surface area (TPSA) is 71.4 Å². The van der Waals surface area contributed by atoms with Crippen LogP contribution >= 0.6 is 0 Å². The Morgan fingerprint density at radius 3 is 2.17 bits per heavy atom. The highest BCUT2D eigenvalue weighted by atomic mass is 32.2. The van der Waals surface area contributed by atoms with Crippen molar-refractivity contribution in [3.63, 3.8) is 0 Å². The van der Waals surface area contributed by atoms with Gasteiger partial charge in [-0.2, -0.15) is 0 Å². The fourth-order valence-electron chi connectivity index (χ4n) is 2.10. The van der Waals surface area contributed by atoms with Gasteiger partial charge in [-0.1, -0.05) is 0 Å². The van der Waals surface area contributed by atoms with Crippen LogP contribution in [-0.2, 0) is 14.6 Å². The minimum absolute atomic E-state index is 0.563. The predicted molar refractivity (Wildman–Crippen MR) is 41.5 cm³/mol. The first-order valence-corrected chi connectivity index (χ1v) is 5.55. The van der Waals surface area contributed by atoms with Gasteiger partial charge in [-0.15, -0.1) is 0 Å². The molecule has 0 unspecified atom stereocenters. The fraction of sp³-hybridized carbons (Fsp3) is 0.857. The first-order chi connectivity index (χ1) is 5.45. The lowest BCUT2D eigenvalue weighted by Gasteiger charge is -2.60. The number of aliphatic carboxylic acids is 1. The van der Waals surface area contributed by atoms with Crippen LogP contribution in [0, 0.1) is 5.92 Å². The van der Waals surface area contributed by atoms with Gasteiger partial charge in [0.25, 0.3) is 0 Å². The maximum absolute atomic E-state index is 11.4. The van der Waals surface area contributed by atoms with Crippen LogP contribution in [0.3, 0.4) is 0 Å². The Morgan fingerprint density at radius 2 is 1.92 bits per heavy atom. The quantitative estimate of drug-likeness (QED) is 0.682. The molecule has 0 aromatic heterocycles. The van der Waals surface area contributed by atoms with E-state index in [2.05, 4.69) is 0 Å². The number of carboxylic acids is 1. The molecule has 12 heavy (non-hydrogen) atoms. The number of rotatable bonds is 3. The smallest absolute Gasteiger partial charge is 0.318 e. The molecule has 3 aliphatic carbocycles. The van der Waals surface area contributed by atoms with Crippen molar-refractivity contribution < 1.29 is 18.3 Å². The molecule has 2 bridgehead atoms. The zero-order chi connectivity index (χ0) is 8.98. The van der Waals surface area contributed by atoms with Crippen LogP contribution in [0.4, 0.5) is 0 Å². The number of sulfone groups is 1. The first kappa shape index (κ1) is 8.04. The van der Waals surface area contributed by atoms with Gasteiger partial charge in [-0.05, 0) is 25.2 Å². The van der Waals surface area contributed by atoms with Gasteiger partial charge in [0, 0.05) is 0 Å². The second-order valence-electron chi connectivity index (χ2n) is 3.81. The van der Waals surface area contributed by atoms with Crippen molar-refractivity contribution in [3.05, 3.63) is 0 Å². The van der Waals surface area contributed by atoms with E-state index in [1.54, 1.807) is 0 Å². The van der Waals surface area contributed by atoms with Crippen molar-refractivity contribution in [3.8, 4) is 0 Å². The number of carbonyl (C=O) groups is 1. The van der Waals surface area contributed by atoms with Gasteiger partial charge in [0.15, 0.2) is 9.84 Å². The highest BCUT2D eigenvalue weighted by Gasteiger charge is 2.64. The third kappa shape index (κ3) is 0.827. The zero-order valence-corrected chi connectivity index (χ0v) is 7.30. The summed E-state index contributed by atoms with van der Waals surface area (Å²) in [6, 6.07) is 0. The minimum Gasteiger partial charge on any atom is -0.480 e. The molecule has 3 aliphatic rings. The summed E-state index contributed by atoms with van der Waals surface area (Å²) in [5, 5.41) is 8.37. The fourth-order valence-corrected chi connectivity index (χ4v) is 4.20. The molecule has 0 aliphatic heterocycles. The van der Waals surface area contributed by atoms with E-state index in [-0.39, 0.29) is 0 Å². The van der Waals surface area contributed by atoms with Gasteiger partial charge < -0.3 is 5.11 Å². The summed E-state index contributed by atoms with van der Waals surface area (Å²) in [4.78, 5) is 10.2. The summed E-state index contributed by atoms with van der Waals surface area (Å²) >= 11 is 0. The van der Waals surface area contributed by atoms with Crippen molar-refractivity contribution >= 4 is 15.8 Å². The normalized spacial score (nSPS) is 38.2. The van der Waals surface area contributed by atoms with Gasteiger partial charge in [0.2, 0.25) is 0 Å². The Balaban J connectivity index is 2.16. The van der Waals surface area contributed by atoms with E-state index in [0.717, 1.165) is 0 Å². The van der Waals surface area contributed by atoms with Gasteiger partial charge in [0.1, 0.15) is 5.75 Å². The van der Waals surface area contributed by atoms with Crippen LogP contribution in [-0.4, -0.2) is 30.0 Å². The minimum atomic E-state index is -3.36. The van der Waals surface area contributed by atoms with Crippen molar-refractivity contribution in [2.45, 2.75) is 24.0 Å². The third-order valence-corrected chi connectivity index (χ3v) is 5.40.